The van der Waals surface area contributed by atoms with Gasteiger partial charge in [0, 0.05) is 18.7 Å². The number of amides is 1. The second kappa shape index (κ2) is 8.55. The van der Waals surface area contributed by atoms with Crippen molar-refractivity contribution in [3.8, 4) is 0 Å². The molecule has 1 amide bonds. The molecule has 20 heavy (non-hydrogen) atoms. The summed E-state index contributed by atoms with van der Waals surface area (Å²) < 4.78 is 4.87. The van der Waals surface area contributed by atoms with Gasteiger partial charge in [-0.05, 0) is 30.5 Å². The van der Waals surface area contributed by atoms with Gasteiger partial charge < -0.3 is 15.2 Å². The molecule has 6 heteroatoms. The van der Waals surface area contributed by atoms with Crippen molar-refractivity contribution in [2.75, 3.05) is 13.7 Å². The van der Waals surface area contributed by atoms with Crippen LogP contribution < -0.4 is 5.32 Å². The molecule has 1 aromatic rings. The summed E-state index contributed by atoms with van der Waals surface area (Å²) in [6.07, 6.45) is 1.05. The number of benzene rings is 1. The molecule has 1 rings (SSSR count). The van der Waals surface area contributed by atoms with E-state index in [0.717, 1.165) is 5.56 Å². The lowest BCUT2D eigenvalue weighted by Crippen LogP contribution is -2.41. The lowest BCUT2D eigenvalue weighted by Gasteiger charge is -2.14. The highest BCUT2D eigenvalue weighted by molar-refractivity contribution is 6.30. The van der Waals surface area contributed by atoms with Crippen molar-refractivity contribution in [1.29, 1.82) is 0 Å². The van der Waals surface area contributed by atoms with Crippen LogP contribution in [0.2, 0.25) is 5.02 Å². The highest BCUT2D eigenvalue weighted by Gasteiger charge is 2.19. The second-order valence-corrected chi connectivity index (χ2v) is 4.83. The van der Waals surface area contributed by atoms with E-state index in [9.17, 15) is 9.59 Å². The van der Waals surface area contributed by atoms with Crippen LogP contribution in [0.25, 0.3) is 0 Å². The number of aliphatic carboxylic acids is 1. The van der Waals surface area contributed by atoms with Crippen LogP contribution in [0.3, 0.4) is 0 Å². The van der Waals surface area contributed by atoms with Crippen LogP contribution in [-0.2, 0) is 20.7 Å². The second-order valence-electron chi connectivity index (χ2n) is 4.40. The maximum Gasteiger partial charge on any atom is 0.326 e. The number of carboxylic acids is 1. The van der Waals surface area contributed by atoms with Crippen molar-refractivity contribution in [3.05, 3.63) is 34.9 Å². The molecule has 0 aliphatic carbocycles. The summed E-state index contributed by atoms with van der Waals surface area (Å²) in [5.41, 5.74) is 0.785. The molecule has 2 N–H and O–H groups in total. The maximum absolute atomic E-state index is 11.8. The molecule has 0 aliphatic rings. The molecule has 0 heterocycles. The Hall–Kier alpha value is -1.59. The van der Waals surface area contributed by atoms with Crippen molar-refractivity contribution in [2.24, 2.45) is 0 Å². The van der Waals surface area contributed by atoms with Crippen molar-refractivity contribution >= 4 is 23.5 Å². The fraction of sp³-hybridized carbons (Fsp3) is 0.429. The smallest absolute Gasteiger partial charge is 0.326 e. The lowest BCUT2D eigenvalue weighted by molar-refractivity contribution is -0.142. The van der Waals surface area contributed by atoms with E-state index in [0.29, 0.717) is 24.5 Å². The minimum absolute atomic E-state index is 0.130. The first kappa shape index (κ1) is 16.5. The van der Waals surface area contributed by atoms with Crippen LogP contribution in [0.1, 0.15) is 18.4 Å². The van der Waals surface area contributed by atoms with Gasteiger partial charge in [-0.2, -0.15) is 0 Å². The zero-order valence-corrected chi connectivity index (χ0v) is 12.0. The number of rotatable bonds is 8. The first-order valence-corrected chi connectivity index (χ1v) is 6.66. The van der Waals surface area contributed by atoms with E-state index < -0.39 is 12.0 Å². The highest BCUT2D eigenvalue weighted by Crippen LogP contribution is 2.10. The van der Waals surface area contributed by atoms with Crippen molar-refractivity contribution in [2.45, 2.75) is 25.3 Å². The Morgan fingerprint density at radius 1 is 1.35 bits per heavy atom. The molecule has 0 saturated heterocycles. The minimum Gasteiger partial charge on any atom is -0.480 e. The molecule has 0 spiro atoms. The van der Waals surface area contributed by atoms with Gasteiger partial charge in [0.1, 0.15) is 6.04 Å². The summed E-state index contributed by atoms with van der Waals surface area (Å²) in [5, 5.41) is 12.2. The van der Waals surface area contributed by atoms with Crippen molar-refractivity contribution < 1.29 is 19.4 Å². The zero-order valence-electron chi connectivity index (χ0n) is 11.3. The number of nitrogens with one attached hydrogen (secondary N) is 1. The number of methoxy groups -OCH3 is 1. The van der Waals surface area contributed by atoms with E-state index in [1.165, 1.54) is 0 Å². The Kier molecular flexibility index (Phi) is 7.04. The minimum atomic E-state index is -1.04. The SMILES string of the molecule is COCCCC(NC(=O)Cc1ccc(Cl)cc1)C(=O)O. The van der Waals surface area contributed by atoms with E-state index in [2.05, 4.69) is 5.32 Å². The first-order valence-electron chi connectivity index (χ1n) is 6.28. The van der Waals surface area contributed by atoms with Crippen LogP contribution in [0.4, 0.5) is 0 Å². The van der Waals surface area contributed by atoms with Gasteiger partial charge in [-0.1, -0.05) is 23.7 Å². The van der Waals surface area contributed by atoms with Gasteiger partial charge in [0.2, 0.25) is 5.91 Å². The quantitative estimate of drug-likeness (QED) is 0.719. The Bertz CT molecular complexity index is 447. The van der Waals surface area contributed by atoms with E-state index in [1.807, 2.05) is 0 Å². The molecule has 5 nitrogen and oxygen atoms in total. The Balaban J connectivity index is 2.48. The molecule has 1 unspecified atom stereocenters. The first-order chi connectivity index (χ1) is 9.52. The summed E-state index contributed by atoms with van der Waals surface area (Å²) in [6, 6.07) is 5.98. The third-order valence-corrected chi connectivity index (χ3v) is 3.00. The largest absolute Gasteiger partial charge is 0.480 e. The maximum atomic E-state index is 11.8. The number of halogens is 1. The Labute approximate surface area is 122 Å². The molecule has 0 aromatic heterocycles. The zero-order chi connectivity index (χ0) is 15.0. The third-order valence-electron chi connectivity index (χ3n) is 2.75. The number of carbonyl (C=O) groups excluding carboxylic acids is 1. The topological polar surface area (TPSA) is 75.6 Å². The third kappa shape index (κ3) is 6.04. The van der Waals surface area contributed by atoms with Crippen molar-refractivity contribution in [1.82, 2.24) is 5.32 Å². The summed E-state index contributed by atoms with van der Waals surface area (Å²) in [7, 11) is 1.55. The summed E-state index contributed by atoms with van der Waals surface area (Å²) >= 11 is 5.75. The van der Waals surface area contributed by atoms with Gasteiger partial charge in [-0.25, -0.2) is 4.79 Å². The molecule has 1 aromatic carbocycles. The Morgan fingerprint density at radius 2 is 2.00 bits per heavy atom. The Morgan fingerprint density at radius 3 is 2.55 bits per heavy atom. The van der Waals surface area contributed by atoms with Gasteiger partial charge in [0.15, 0.2) is 0 Å². The molecule has 0 saturated carbocycles. The predicted octanol–water partition coefficient (Wildman–Crippen LogP) is 1.88. The fourth-order valence-electron chi connectivity index (χ4n) is 1.72. The highest BCUT2D eigenvalue weighted by atomic mass is 35.5. The fourth-order valence-corrected chi connectivity index (χ4v) is 1.85. The summed E-state index contributed by atoms with van der Waals surface area (Å²) in [6.45, 7) is 0.469. The molecule has 0 aliphatic heterocycles. The van der Waals surface area contributed by atoms with Gasteiger partial charge in [0.25, 0.3) is 0 Å². The number of hydrogen-bond donors (Lipinski definition) is 2. The number of hydrogen-bond acceptors (Lipinski definition) is 3. The van der Waals surface area contributed by atoms with E-state index in [1.54, 1.807) is 31.4 Å². The molecule has 1 atom stereocenters. The van der Waals surface area contributed by atoms with Crippen LogP contribution in [0, 0.1) is 0 Å². The van der Waals surface area contributed by atoms with Crippen molar-refractivity contribution in [3.63, 3.8) is 0 Å². The number of carbonyl (C=O) groups is 2. The van der Waals surface area contributed by atoms with Gasteiger partial charge in [-0.15, -0.1) is 0 Å². The van der Waals surface area contributed by atoms with E-state index in [-0.39, 0.29) is 12.3 Å². The number of ether oxygens (including phenoxy) is 1. The monoisotopic (exact) mass is 299 g/mol. The van der Waals surface area contributed by atoms with Crippen LogP contribution in [0.5, 0.6) is 0 Å². The van der Waals surface area contributed by atoms with Gasteiger partial charge in [0.05, 0.1) is 6.42 Å². The van der Waals surface area contributed by atoms with E-state index in [4.69, 9.17) is 21.4 Å². The average Bonchev–Trinajstić information content (AvgIpc) is 2.40. The lowest BCUT2D eigenvalue weighted by atomic mass is 10.1. The molecule has 0 radical (unpaired) electrons. The average molecular weight is 300 g/mol. The van der Waals surface area contributed by atoms with E-state index >= 15 is 0 Å². The molecule has 0 bridgehead atoms. The number of carboxylic acid groups (broad SMARTS) is 1. The summed E-state index contributed by atoms with van der Waals surface area (Å²) in [4.78, 5) is 22.9. The van der Waals surface area contributed by atoms with Gasteiger partial charge >= 0.3 is 5.97 Å². The molecule has 110 valence electrons. The van der Waals surface area contributed by atoms with Crippen LogP contribution >= 0.6 is 11.6 Å². The predicted molar refractivity (Wildman–Crippen MR) is 75.8 cm³/mol. The van der Waals surface area contributed by atoms with Crippen LogP contribution in [-0.4, -0.2) is 36.7 Å². The normalized spacial score (nSPS) is 11.9. The summed E-state index contributed by atoms with van der Waals surface area (Å²) in [5.74, 6) is -1.36. The standard InChI is InChI=1S/C14H18ClNO4/c1-20-8-2-3-12(14(18)19)16-13(17)9-10-4-6-11(15)7-5-10/h4-7,12H,2-3,8-9H2,1H3,(H,16,17)(H,18,19). The molecular weight excluding hydrogens is 282 g/mol. The van der Waals surface area contributed by atoms with Gasteiger partial charge in [-0.3, -0.25) is 4.79 Å². The molecule has 0 fully saturated rings. The van der Waals surface area contributed by atoms with Crippen LogP contribution in [0.15, 0.2) is 24.3 Å². The molecular formula is C14H18ClNO4.